The molecule has 1 aromatic heterocycles. The number of carbonyl (C=O) groups is 1. The van der Waals surface area contributed by atoms with E-state index in [1.165, 1.54) is 25.7 Å². The molecule has 3 rings (SSSR count). The van der Waals surface area contributed by atoms with Gasteiger partial charge in [0.25, 0.3) is 0 Å². The molecule has 0 spiro atoms. The van der Waals surface area contributed by atoms with Gasteiger partial charge in [-0.1, -0.05) is 6.42 Å². The molecule has 2 aliphatic carbocycles. The Morgan fingerprint density at radius 2 is 2.37 bits per heavy atom. The minimum Gasteiger partial charge on any atom is -0.350 e. The lowest BCUT2D eigenvalue weighted by molar-refractivity contribution is -0.117. The zero-order valence-corrected chi connectivity index (χ0v) is 12.2. The minimum atomic E-state index is 0.0430. The molecule has 1 N–H and O–H groups in total. The van der Waals surface area contributed by atoms with Gasteiger partial charge < -0.3 is 5.32 Å². The quantitative estimate of drug-likeness (QED) is 0.834. The summed E-state index contributed by atoms with van der Waals surface area (Å²) in [5, 5.41) is 7.21. The van der Waals surface area contributed by atoms with Crippen LogP contribution in [-0.4, -0.2) is 11.9 Å². The fourth-order valence-corrected chi connectivity index (χ4v) is 4.46. The molecule has 1 amide bonds. The fourth-order valence-electron chi connectivity index (χ4n) is 3.83. The molecule has 4 atom stereocenters. The molecule has 0 aromatic carbocycles. The monoisotopic (exact) mass is 275 g/mol. The molecule has 2 nitrogen and oxygen atoms in total. The lowest BCUT2D eigenvalue weighted by Crippen LogP contribution is -2.39. The molecule has 102 valence electrons. The Labute approximate surface area is 118 Å². The number of amides is 1. The average Bonchev–Trinajstić information content (AvgIpc) is 3.13. The molecule has 1 heterocycles. The Hall–Kier alpha value is -1.09. The van der Waals surface area contributed by atoms with Crippen molar-refractivity contribution in [3.05, 3.63) is 28.5 Å². The SMILES string of the molecule is CC(NC(=O)/C=C/c1ccsc1)C1CC2CCC1C2. The summed E-state index contributed by atoms with van der Waals surface area (Å²) >= 11 is 1.65. The van der Waals surface area contributed by atoms with Crippen molar-refractivity contribution < 1.29 is 4.79 Å². The molecular formula is C16H21NOS. The fraction of sp³-hybridized carbons (Fsp3) is 0.562. The van der Waals surface area contributed by atoms with Gasteiger partial charge >= 0.3 is 0 Å². The van der Waals surface area contributed by atoms with Crippen LogP contribution in [0.1, 0.15) is 38.2 Å². The first kappa shape index (κ1) is 12.9. The predicted molar refractivity (Wildman–Crippen MR) is 79.9 cm³/mol. The zero-order valence-electron chi connectivity index (χ0n) is 11.3. The van der Waals surface area contributed by atoms with E-state index in [2.05, 4.69) is 12.2 Å². The standard InChI is InChI=1S/C16H21NOS/c1-11(15-9-13-2-4-14(15)8-13)17-16(18)5-3-12-6-7-19-10-12/h3,5-7,10-11,13-15H,2,4,8-9H2,1H3,(H,17,18)/b5-3+. The molecule has 3 heteroatoms. The van der Waals surface area contributed by atoms with Gasteiger partial charge in [-0.05, 0) is 72.4 Å². The second-order valence-corrected chi connectivity index (χ2v) is 6.81. The number of hydrogen-bond acceptors (Lipinski definition) is 2. The van der Waals surface area contributed by atoms with Crippen molar-refractivity contribution in [1.82, 2.24) is 5.32 Å². The van der Waals surface area contributed by atoms with E-state index in [9.17, 15) is 4.79 Å². The molecule has 1 aromatic rings. The van der Waals surface area contributed by atoms with E-state index in [-0.39, 0.29) is 5.91 Å². The van der Waals surface area contributed by atoms with Crippen LogP contribution in [0.25, 0.3) is 6.08 Å². The van der Waals surface area contributed by atoms with Gasteiger partial charge in [-0.2, -0.15) is 11.3 Å². The highest BCUT2D eigenvalue weighted by molar-refractivity contribution is 7.08. The molecule has 2 bridgehead atoms. The Morgan fingerprint density at radius 3 is 3.00 bits per heavy atom. The number of hydrogen-bond donors (Lipinski definition) is 1. The summed E-state index contributed by atoms with van der Waals surface area (Å²) in [6.45, 7) is 2.17. The van der Waals surface area contributed by atoms with Gasteiger partial charge in [0, 0.05) is 12.1 Å². The predicted octanol–water partition coefficient (Wildman–Crippen LogP) is 3.70. The second-order valence-electron chi connectivity index (χ2n) is 6.03. The van der Waals surface area contributed by atoms with Crippen LogP contribution < -0.4 is 5.32 Å². The first-order chi connectivity index (χ1) is 9.22. The largest absolute Gasteiger partial charge is 0.350 e. The van der Waals surface area contributed by atoms with E-state index in [1.807, 2.05) is 22.9 Å². The molecular weight excluding hydrogens is 254 g/mol. The summed E-state index contributed by atoms with van der Waals surface area (Å²) in [7, 11) is 0. The molecule has 0 aliphatic heterocycles. The van der Waals surface area contributed by atoms with Crippen molar-refractivity contribution in [2.45, 2.75) is 38.6 Å². The van der Waals surface area contributed by atoms with Crippen molar-refractivity contribution in [1.29, 1.82) is 0 Å². The first-order valence-corrected chi connectivity index (χ1v) is 8.17. The summed E-state index contributed by atoms with van der Waals surface area (Å²) in [5.41, 5.74) is 1.10. The maximum Gasteiger partial charge on any atom is 0.244 e. The number of fused-ring (bicyclic) bond motifs is 2. The summed E-state index contributed by atoms with van der Waals surface area (Å²) < 4.78 is 0. The number of thiophene rings is 1. The third kappa shape index (κ3) is 2.92. The second kappa shape index (κ2) is 5.49. The Balaban J connectivity index is 1.52. The normalized spacial score (nSPS) is 30.9. The van der Waals surface area contributed by atoms with Gasteiger partial charge in [0.2, 0.25) is 5.91 Å². The summed E-state index contributed by atoms with van der Waals surface area (Å²) in [5.74, 6) is 2.55. The molecule has 2 aliphatic rings. The Kier molecular flexibility index (Phi) is 3.74. The third-order valence-corrected chi connectivity index (χ3v) is 5.48. The van der Waals surface area contributed by atoms with Crippen molar-refractivity contribution >= 4 is 23.3 Å². The number of nitrogens with one attached hydrogen (secondary N) is 1. The maximum absolute atomic E-state index is 11.9. The molecule has 2 saturated carbocycles. The van der Waals surface area contributed by atoms with E-state index in [0.717, 1.165) is 17.4 Å². The van der Waals surface area contributed by atoms with E-state index in [4.69, 9.17) is 0 Å². The summed E-state index contributed by atoms with van der Waals surface area (Å²) in [6.07, 6.45) is 9.06. The van der Waals surface area contributed by atoms with Crippen LogP contribution in [0, 0.1) is 17.8 Å². The van der Waals surface area contributed by atoms with Crippen LogP contribution in [0.4, 0.5) is 0 Å². The Morgan fingerprint density at radius 1 is 1.47 bits per heavy atom. The lowest BCUT2D eigenvalue weighted by Gasteiger charge is -2.28. The molecule has 0 radical (unpaired) electrons. The van der Waals surface area contributed by atoms with Gasteiger partial charge in [-0.15, -0.1) is 0 Å². The van der Waals surface area contributed by atoms with Crippen molar-refractivity contribution in [3.63, 3.8) is 0 Å². The van der Waals surface area contributed by atoms with Crippen LogP contribution >= 0.6 is 11.3 Å². The highest BCUT2D eigenvalue weighted by Crippen LogP contribution is 2.49. The summed E-state index contributed by atoms with van der Waals surface area (Å²) in [6, 6.07) is 2.34. The van der Waals surface area contributed by atoms with Gasteiger partial charge in [0.1, 0.15) is 0 Å². The van der Waals surface area contributed by atoms with E-state index >= 15 is 0 Å². The van der Waals surface area contributed by atoms with Crippen molar-refractivity contribution in [2.75, 3.05) is 0 Å². The highest BCUT2D eigenvalue weighted by Gasteiger charge is 2.41. The lowest BCUT2D eigenvalue weighted by atomic mass is 9.84. The summed E-state index contributed by atoms with van der Waals surface area (Å²) in [4.78, 5) is 11.9. The average molecular weight is 275 g/mol. The van der Waals surface area contributed by atoms with Crippen molar-refractivity contribution in [2.24, 2.45) is 17.8 Å². The first-order valence-electron chi connectivity index (χ1n) is 7.23. The molecule has 2 fully saturated rings. The van der Waals surface area contributed by atoms with Gasteiger partial charge in [0.15, 0.2) is 0 Å². The number of carbonyl (C=O) groups excluding carboxylic acids is 1. The highest BCUT2D eigenvalue weighted by atomic mass is 32.1. The maximum atomic E-state index is 11.9. The topological polar surface area (TPSA) is 29.1 Å². The van der Waals surface area contributed by atoms with Crippen molar-refractivity contribution in [3.8, 4) is 0 Å². The Bertz CT molecular complexity index is 465. The van der Waals surface area contributed by atoms with E-state index < -0.39 is 0 Å². The number of rotatable bonds is 4. The molecule has 19 heavy (non-hydrogen) atoms. The van der Waals surface area contributed by atoms with Crippen LogP contribution in [0.5, 0.6) is 0 Å². The third-order valence-electron chi connectivity index (χ3n) is 4.78. The van der Waals surface area contributed by atoms with Gasteiger partial charge in [-0.3, -0.25) is 4.79 Å². The van der Waals surface area contributed by atoms with Crippen LogP contribution in [0.3, 0.4) is 0 Å². The zero-order chi connectivity index (χ0) is 13.2. The van der Waals surface area contributed by atoms with Crippen LogP contribution in [-0.2, 0) is 4.79 Å². The van der Waals surface area contributed by atoms with Crippen LogP contribution in [0.15, 0.2) is 22.9 Å². The van der Waals surface area contributed by atoms with Crippen LogP contribution in [0.2, 0.25) is 0 Å². The molecule has 0 saturated heterocycles. The minimum absolute atomic E-state index is 0.0430. The van der Waals surface area contributed by atoms with E-state index in [1.54, 1.807) is 17.4 Å². The molecule has 4 unspecified atom stereocenters. The van der Waals surface area contributed by atoms with Gasteiger partial charge in [0.05, 0.1) is 0 Å². The van der Waals surface area contributed by atoms with Gasteiger partial charge in [-0.25, -0.2) is 0 Å². The van der Waals surface area contributed by atoms with E-state index in [0.29, 0.717) is 12.0 Å². The smallest absolute Gasteiger partial charge is 0.244 e.